The third kappa shape index (κ3) is 4.83. The van der Waals surface area contributed by atoms with Crippen LogP contribution in [0.5, 0.6) is 11.5 Å². The number of pyridine rings is 1. The van der Waals surface area contributed by atoms with Gasteiger partial charge in [0, 0.05) is 29.1 Å². The van der Waals surface area contributed by atoms with Crippen molar-refractivity contribution in [3.63, 3.8) is 0 Å². The molecule has 3 heterocycles. The number of benzene rings is 4. The zero-order chi connectivity index (χ0) is 30.8. The molecule has 0 N–H and O–H groups in total. The Morgan fingerprint density at radius 1 is 0.636 bits per heavy atom. The Morgan fingerprint density at radius 3 is 2.18 bits per heavy atom. The van der Waals surface area contributed by atoms with Gasteiger partial charge < -0.3 is 4.74 Å². The molecule has 0 saturated carbocycles. The number of hydrogen-bond donors (Lipinski definition) is 0. The molecule has 4 aromatic carbocycles. The fourth-order valence-corrected chi connectivity index (χ4v) is 6.09. The number of imidazole rings is 1. The van der Waals surface area contributed by atoms with Gasteiger partial charge in [0.25, 0.3) is 0 Å². The fraction of sp³-hybridized carbons (Fsp3) is 0.231. The largest absolute Gasteiger partial charge is 0.457 e. The summed E-state index contributed by atoms with van der Waals surface area (Å²) in [5.74, 6) is 2.48. The van der Waals surface area contributed by atoms with Crippen LogP contribution in [0.25, 0.3) is 44.3 Å². The maximum atomic E-state index is 6.56. The minimum Gasteiger partial charge on any atom is -0.457 e. The van der Waals surface area contributed by atoms with E-state index in [0.29, 0.717) is 0 Å². The number of rotatable bonds is 4. The number of para-hydroxylation sites is 2. The van der Waals surface area contributed by atoms with Gasteiger partial charge in [-0.3, -0.25) is 4.57 Å². The molecule has 5 nitrogen and oxygen atoms in total. The van der Waals surface area contributed by atoms with Crippen molar-refractivity contribution in [1.82, 2.24) is 14.1 Å². The fourth-order valence-electron chi connectivity index (χ4n) is 6.09. The first-order valence-corrected chi connectivity index (χ1v) is 15.3. The average Bonchev–Trinajstić information content (AvgIpc) is 3.50. The van der Waals surface area contributed by atoms with E-state index < -0.39 is 0 Å². The van der Waals surface area contributed by atoms with Crippen LogP contribution in [-0.2, 0) is 17.9 Å². The minimum absolute atomic E-state index is 0.0111. The standard InChI is InChI=1S/C39H39N4O/c1-38(2,3)26-15-18-33-32(21-26)31-17-16-30(24-36(31)43(33)37-22-27(19-20-40-37)39(4,5)6)44-29-12-10-11-28(23-29)42-25-41(7)34-13-8-9-14-35(34)42/h8-25H,1-7H3/q+1. The van der Waals surface area contributed by atoms with Gasteiger partial charge in [-0.2, -0.15) is 4.57 Å². The van der Waals surface area contributed by atoms with E-state index in [2.05, 4.69) is 154 Å². The van der Waals surface area contributed by atoms with E-state index in [1.54, 1.807) is 0 Å². The zero-order valence-corrected chi connectivity index (χ0v) is 26.6. The molecule has 220 valence electrons. The molecule has 3 aromatic heterocycles. The molecule has 5 heteroatoms. The summed E-state index contributed by atoms with van der Waals surface area (Å²) >= 11 is 0. The number of aromatic nitrogens is 4. The lowest BCUT2D eigenvalue weighted by Crippen LogP contribution is -2.25. The summed E-state index contributed by atoms with van der Waals surface area (Å²) in [6.45, 7) is 13.5. The van der Waals surface area contributed by atoms with E-state index in [-0.39, 0.29) is 10.8 Å². The molecule has 0 aliphatic heterocycles. The molecule has 0 amide bonds. The number of aryl methyl sites for hydroxylation is 1. The minimum atomic E-state index is 0.0111. The Hall–Kier alpha value is -4.90. The van der Waals surface area contributed by atoms with E-state index >= 15 is 0 Å². The predicted octanol–water partition coefficient (Wildman–Crippen LogP) is 9.33. The third-order valence-corrected chi connectivity index (χ3v) is 8.59. The Bertz CT molecular complexity index is 2190. The van der Waals surface area contributed by atoms with Crippen LogP contribution < -0.4 is 9.30 Å². The van der Waals surface area contributed by atoms with Crippen molar-refractivity contribution in [3.8, 4) is 23.0 Å². The van der Waals surface area contributed by atoms with E-state index in [4.69, 9.17) is 9.72 Å². The number of fused-ring (bicyclic) bond motifs is 4. The van der Waals surface area contributed by atoms with Crippen molar-refractivity contribution < 1.29 is 9.30 Å². The summed E-state index contributed by atoms with van der Waals surface area (Å²) < 4.78 is 13.2. The molecular formula is C39H39N4O+. The quantitative estimate of drug-likeness (QED) is 0.195. The predicted molar refractivity (Wildman–Crippen MR) is 181 cm³/mol. The summed E-state index contributed by atoms with van der Waals surface area (Å²) in [5, 5.41) is 2.40. The van der Waals surface area contributed by atoms with Crippen molar-refractivity contribution >= 4 is 32.8 Å². The monoisotopic (exact) mass is 579 g/mol. The van der Waals surface area contributed by atoms with Crippen molar-refractivity contribution in [3.05, 3.63) is 121 Å². The van der Waals surface area contributed by atoms with Gasteiger partial charge in [-0.25, -0.2) is 9.55 Å². The number of nitrogens with zero attached hydrogens (tertiary/aromatic N) is 4. The van der Waals surface area contributed by atoms with Gasteiger partial charge in [0.1, 0.15) is 23.0 Å². The molecule has 44 heavy (non-hydrogen) atoms. The Labute approximate surface area is 259 Å². The topological polar surface area (TPSA) is 35.9 Å². The first-order chi connectivity index (χ1) is 21.0. The van der Waals surface area contributed by atoms with E-state index in [1.807, 2.05) is 18.3 Å². The van der Waals surface area contributed by atoms with Gasteiger partial charge in [-0.15, -0.1) is 0 Å². The van der Waals surface area contributed by atoms with E-state index in [1.165, 1.54) is 27.4 Å². The van der Waals surface area contributed by atoms with E-state index in [9.17, 15) is 0 Å². The second kappa shape index (κ2) is 10.1. The van der Waals surface area contributed by atoms with Crippen molar-refractivity contribution in [1.29, 1.82) is 0 Å². The van der Waals surface area contributed by atoms with Gasteiger partial charge in [0.05, 0.1) is 18.1 Å². The second-order valence-corrected chi connectivity index (χ2v) is 13.8. The highest BCUT2D eigenvalue weighted by atomic mass is 16.5. The molecule has 0 unspecified atom stereocenters. The SMILES string of the molecule is C[n+]1cn(-c2cccc(Oc3ccc4c5cc(C(C)(C)C)ccc5n(-c5cc(C(C)(C)C)ccn5)c4c3)c2)c2ccccc21. The highest BCUT2D eigenvalue weighted by Crippen LogP contribution is 2.38. The summed E-state index contributed by atoms with van der Waals surface area (Å²) in [6, 6.07) is 34.3. The molecule has 7 rings (SSSR count). The molecule has 0 bridgehead atoms. The second-order valence-electron chi connectivity index (χ2n) is 13.8. The molecule has 0 fully saturated rings. The van der Waals surface area contributed by atoms with Gasteiger partial charge in [-0.05, 0) is 82.6 Å². The van der Waals surface area contributed by atoms with Gasteiger partial charge in [0.2, 0.25) is 6.33 Å². The summed E-state index contributed by atoms with van der Waals surface area (Å²) in [6.07, 6.45) is 4.03. The average molecular weight is 580 g/mol. The lowest BCUT2D eigenvalue weighted by atomic mass is 9.86. The van der Waals surface area contributed by atoms with Crippen LogP contribution in [0.4, 0.5) is 0 Å². The molecule has 0 aliphatic carbocycles. The molecular weight excluding hydrogens is 540 g/mol. The molecule has 0 saturated heterocycles. The van der Waals surface area contributed by atoms with Crippen molar-refractivity contribution in [2.75, 3.05) is 0 Å². The maximum Gasteiger partial charge on any atom is 0.249 e. The van der Waals surface area contributed by atoms with Crippen LogP contribution in [0.1, 0.15) is 52.7 Å². The molecule has 0 aliphatic rings. The van der Waals surface area contributed by atoms with Crippen molar-refractivity contribution in [2.45, 2.75) is 52.4 Å². The Morgan fingerprint density at radius 2 is 1.39 bits per heavy atom. The van der Waals surface area contributed by atoms with Crippen LogP contribution in [0, 0.1) is 0 Å². The van der Waals surface area contributed by atoms with Crippen molar-refractivity contribution in [2.24, 2.45) is 7.05 Å². The summed E-state index contributed by atoms with van der Waals surface area (Å²) in [4.78, 5) is 4.87. The van der Waals surface area contributed by atoms with Gasteiger partial charge in [-0.1, -0.05) is 65.8 Å². The van der Waals surface area contributed by atoms with Crippen LogP contribution >= 0.6 is 0 Å². The van der Waals surface area contributed by atoms with E-state index in [0.717, 1.165) is 39.6 Å². The lowest BCUT2D eigenvalue weighted by Gasteiger charge is -2.20. The molecule has 0 radical (unpaired) electrons. The zero-order valence-electron chi connectivity index (χ0n) is 26.6. The number of ether oxygens (including phenoxy) is 1. The normalized spacial score (nSPS) is 12.4. The highest BCUT2D eigenvalue weighted by Gasteiger charge is 2.21. The van der Waals surface area contributed by atoms with Crippen LogP contribution in [0.2, 0.25) is 0 Å². The van der Waals surface area contributed by atoms with Crippen LogP contribution in [-0.4, -0.2) is 14.1 Å². The highest BCUT2D eigenvalue weighted by molar-refractivity contribution is 6.09. The van der Waals surface area contributed by atoms with Gasteiger partial charge >= 0.3 is 0 Å². The lowest BCUT2D eigenvalue weighted by molar-refractivity contribution is -0.645. The van der Waals surface area contributed by atoms with Crippen LogP contribution in [0.15, 0.2) is 110 Å². The third-order valence-electron chi connectivity index (χ3n) is 8.59. The van der Waals surface area contributed by atoms with Crippen LogP contribution in [0.3, 0.4) is 0 Å². The molecule has 0 atom stereocenters. The summed E-state index contributed by atoms with van der Waals surface area (Å²) in [7, 11) is 2.07. The smallest absolute Gasteiger partial charge is 0.249 e. The summed E-state index contributed by atoms with van der Waals surface area (Å²) in [5.41, 5.74) is 8.20. The Kier molecular flexibility index (Phi) is 6.40. The number of hydrogen-bond acceptors (Lipinski definition) is 2. The maximum absolute atomic E-state index is 6.56. The first-order valence-electron chi connectivity index (χ1n) is 15.3. The van der Waals surface area contributed by atoms with Gasteiger partial charge in [0.15, 0.2) is 11.0 Å². The molecule has 7 aromatic rings. The first kappa shape index (κ1) is 27.9. The Balaban J connectivity index is 1.36. The molecule has 0 spiro atoms.